The van der Waals surface area contributed by atoms with Crippen LogP contribution in [0.15, 0.2) is 12.1 Å². The van der Waals surface area contributed by atoms with Crippen molar-refractivity contribution in [1.29, 1.82) is 0 Å². The molecule has 0 aliphatic rings. The van der Waals surface area contributed by atoms with Gasteiger partial charge in [0.25, 0.3) is 0 Å². The topological polar surface area (TPSA) is 20.2 Å². The lowest BCUT2D eigenvalue weighted by Crippen LogP contribution is -1.99. The van der Waals surface area contributed by atoms with Gasteiger partial charge in [0.15, 0.2) is 0 Å². The summed E-state index contributed by atoms with van der Waals surface area (Å²) in [4.78, 5) is 0. The molecule has 0 bridgehead atoms. The van der Waals surface area contributed by atoms with Gasteiger partial charge in [0.1, 0.15) is 5.82 Å². The standard InChI is InChI=1S/C10H13FO/c1-6-4-7(2)10(8(3)12)9(11)5-6/h4-5,8,12H,1-3H3. The van der Waals surface area contributed by atoms with Gasteiger partial charge in [-0.05, 0) is 38.0 Å². The molecule has 1 nitrogen and oxygen atoms in total. The van der Waals surface area contributed by atoms with Crippen LogP contribution >= 0.6 is 0 Å². The van der Waals surface area contributed by atoms with E-state index in [0.29, 0.717) is 5.56 Å². The van der Waals surface area contributed by atoms with Crippen molar-refractivity contribution in [3.8, 4) is 0 Å². The molecule has 0 radical (unpaired) electrons. The number of aliphatic hydroxyl groups excluding tert-OH is 1. The van der Waals surface area contributed by atoms with Crippen molar-refractivity contribution in [3.05, 3.63) is 34.6 Å². The minimum absolute atomic E-state index is 0.317. The first-order valence-corrected chi connectivity index (χ1v) is 3.97. The van der Waals surface area contributed by atoms with Gasteiger partial charge in [0.05, 0.1) is 6.10 Å². The van der Waals surface area contributed by atoms with Gasteiger partial charge in [-0.25, -0.2) is 4.39 Å². The average Bonchev–Trinajstić information content (AvgIpc) is 1.82. The van der Waals surface area contributed by atoms with Crippen molar-refractivity contribution >= 4 is 0 Å². The Morgan fingerprint density at radius 3 is 2.33 bits per heavy atom. The summed E-state index contributed by atoms with van der Waals surface area (Å²) in [5, 5.41) is 9.24. The molecular weight excluding hydrogens is 155 g/mol. The average molecular weight is 168 g/mol. The van der Waals surface area contributed by atoms with E-state index >= 15 is 0 Å². The SMILES string of the molecule is Cc1cc(C)c(C(C)O)c(F)c1. The zero-order valence-corrected chi connectivity index (χ0v) is 7.56. The van der Waals surface area contributed by atoms with Crippen LogP contribution < -0.4 is 0 Å². The first kappa shape index (κ1) is 9.20. The Bertz CT molecular complexity index is 269. The first-order valence-electron chi connectivity index (χ1n) is 3.97. The summed E-state index contributed by atoms with van der Waals surface area (Å²) in [6.07, 6.45) is -0.731. The third-order valence-electron chi connectivity index (χ3n) is 1.90. The van der Waals surface area contributed by atoms with Crippen LogP contribution in [0.4, 0.5) is 4.39 Å². The van der Waals surface area contributed by atoms with E-state index in [9.17, 15) is 9.50 Å². The predicted molar refractivity (Wildman–Crippen MR) is 46.5 cm³/mol. The molecule has 1 N–H and O–H groups in total. The maximum atomic E-state index is 13.2. The van der Waals surface area contributed by atoms with Crippen LogP contribution in [0, 0.1) is 19.7 Å². The summed E-state index contributed by atoms with van der Waals surface area (Å²) in [7, 11) is 0. The highest BCUT2D eigenvalue weighted by Crippen LogP contribution is 2.21. The number of rotatable bonds is 1. The second kappa shape index (κ2) is 3.23. The van der Waals surface area contributed by atoms with E-state index in [1.807, 2.05) is 13.0 Å². The van der Waals surface area contributed by atoms with Crippen LogP contribution in [0.1, 0.15) is 29.7 Å². The number of aryl methyl sites for hydroxylation is 2. The largest absolute Gasteiger partial charge is 0.389 e. The van der Waals surface area contributed by atoms with E-state index in [-0.39, 0.29) is 5.82 Å². The van der Waals surface area contributed by atoms with E-state index in [4.69, 9.17) is 0 Å². The smallest absolute Gasteiger partial charge is 0.129 e. The maximum Gasteiger partial charge on any atom is 0.129 e. The Labute approximate surface area is 71.9 Å². The van der Waals surface area contributed by atoms with E-state index in [2.05, 4.69) is 0 Å². The van der Waals surface area contributed by atoms with E-state index in [1.165, 1.54) is 6.07 Å². The normalized spacial score (nSPS) is 13.1. The summed E-state index contributed by atoms with van der Waals surface area (Å²) in [6, 6.07) is 3.31. The molecule has 0 aliphatic carbocycles. The van der Waals surface area contributed by atoms with Crippen molar-refractivity contribution < 1.29 is 9.50 Å². The molecule has 1 aromatic rings. The highest BCUT2D eigenvalue weighted by Gasteiger charge is 2.10. The molecule has 0 fully saturated rings. The van der Waals surface area contributed by atoms with Crippen molar-refractivity contribution in [3.63, 3.8) is 0 Å². The van der Waals surface area contributed by atoms with Gasteiger partial charge < -0.3 is 5.11 Å². The molecule has 0 amide bonds. The fraction of sp³-hybridized carbons (Fsp3) is 0.400. The quantitative estimate of drug-likeness (QED) is 0.683. The molecule has 66 valence electrons. The molecule has 1 unspecified atom stereocenters. The van der Waals surface area contributed by atoms with Crippen molar-refractivity contribution in [1.82, 2.24) is 0 Å². The van der Waals surface area contributed by atoms with Crippen LogP contribution in [0.3, 0.4) is 0 Å². The van der Waals surface area contributed by atoms with Crippen molar-refractivity contribution in [2.45, 2.75) is 26.9 Å². The lowest BCUT2D eigenvalue weighted by molar-refractivity contribution is 0.193. The summed E-state index contributed by atoms with van der Waals surface area (Å²) in [6.45, 7) is 5.21. The Morgan fingerprint density at radius 2 is 1.92 bits per heavy atom. The van der Waals surface area contributed by atoms with Gasteiger partial charge >= 0.3 is 0 Å². The number of benzene rings is 1. The second-order valence-electron chi connectivity index (χ2n) is 3.15. The summed E-state index contributed by atoms with van der Waals surface area (Å²) in [5.74, 6) is -0.317. The van der Waals surface area contributed by atoms with Crippen LogP contribution in [0.5, 0.6) is 0 Å². The van der Waals surface area contributed by atoms with E-state index in [0.717, 1.165) is 11.1 Å². The minimum atomic E-state index is -0.731. The highest BCUT2D eigenvalue weighted by atomic mass is 19.1. The fourth-order valence-corrected chi connectivity index (χ4v) is 1.46. The third-order valence-corrected chi connectivity index (χ3v) is 1.90. The Balaban J connectivity index is 3.28. The molecule has 0 heterocycles. The zero-order valence-electron chi connectivity index (χ0n) is 7.56. The van der Waals surface area contributed by atoms with Gasteiger partial charge in [-0.2, -0.15) is 0 Å². The lowest BCUT2D eigenvalue weighted by atomic mass is 10.0. The molecule has 1 aromatic carbocycles. The van der Waals surface area contributed by atoms with Gasteiger partial charge in [0.2, 0.25) is 0 Å². The molecular formula is C10H13FO. The summed E-state index contributed by atoms with van der Waals surface area (Å²) in [5.41, 5.74) is 2.09. The Hall–Kier alpha value is -0.890. The summed E-state index contributed by atoms with van der Waals surface area (Å²) < 4.78 is 13.2. The van der Waals surface area contributed by atoms with Gasteiger partial charge in [-0.3, -0.25) is 0 Å². The minimum Gasteiger partial charge on any atom is -0.389 e. The molecule has 2 heteroatoms. The maximum absolute atomic E-state index is 13.2. The molecule has 0 saturated carbocycles. The van der Waals surface area contributed by atoms with Crippen molar-refractivity contribution in [2.24, 2.45) is 0 Å². The number of halogens is 1. The van der Waals surface area contributed by atoms with E-state index < -0.39 is 6.10 Å². The molecule has 1 rings (SSSR count). The van der Waals surface area contributed by atoms with Crippen LogP contribution in [-0.4, -0.2) is 5.11 Å². The third kappa shape index (κ3) is 1.64. The second-order valence-corrected chi connectivity index (χ2v) is 3.15. The summed E-state index contributed by atoms with van der Waals surface area (Å²) >= 11 is 0. The van der Waals surface area contributed by atoms with Gasteiger partial charge in [-0.15, -0.1) is 0 Å². The monoisotopic (exact) mass is 168 g/mol. The van der Waals surface area contributed by atoms with E-state index in [1.54, 1.807) is 13.8 Å². The van der Waals surface area contributed by atoms with Gasteiger partial charge in [-0.1, -0.05) is 6.07 Å². The molecule has 0 saturated heterocycles. The first-order chi connectivity index (χ1) is 5.52. The molecule has 0 aliphatic heterocycles. The molecule has 1 atom stereocenters. The number of aliphatic hydroxyl groups is 1. The Kier molecular flexibility index (Phi) is 2.48. The lowest BCUT2D eigenvalue weighted by Gasteiger charge is -2.10. The van der Waals surface area contributed by atoms with Crippen LogP contribution in [0.25, 0.3) is 0 Å². The van der Waals surface area contributed by atoms with Gasteiger partial charge in [0, 0.05) is 5.56 Å². The van der Waals surface area contributed by atoms with Crippen LogP contribution in [0.2, 0.25) is 0 Å². The fourth-order valence-electron chi connectivity index (χ4n) is 1.46. The number of hydrogen-bond acceptors (Lipinski definition) is 1. The molecule has 12 heavy (non-hydrogen) atoms. The zero-order chi connectivity index (χ0) is 9.30. The molecule has 0 spiro atoms. The Morgan fingerprint density at radius 1 is 1.33 bits per heavy atom. The van der Waals surface area contributed by atoms with Crippen LogP contribution in [-0.2, 0) is 0 Å². The number of hydrogen-bond donors (Lipinski definition) is 1. The predicted octanol–water partition coefficient (Wildman–Crippen LogP) is 2.50. The molecule has 0 aromatic heterocycles. The van der Waals surface area contributed by atoms with Crippen molar-refractivity contribution in [2.75, 3.05) is 0 Å². The highest BCUT2D eigenvalue weighted by molar-refractivity contribution is 5.33.